The molecule has 0 atom stereocenters. The number of hydrogen-bond acceptors (Lipinski definition) is 7. The molecule has 0 saturated carbocycles. The maximum absolute atomic E-state index is 12.6. The molecule has 3 rings (SSSR count). The van der Waals surface area contributed by atoms with Gasteiger partial charge in [-0.3, -0.25) is 0 Å². The lowest BCUT2D eigenvalue weighted by molar-refractivity contribution is 0.0599. The zero-order chi connectivity index (χ0) is 17.3. The standard InChI is InChI=1S/C16H14O7S/c1-10-7-13-14(22-9-21-13)8-15(10)24(18,19)23-12-6-4-3-5-11(12)16(17)20-2/h3-8H,9H2,1-2H3. The summed E-state index contributed by atoms with van der Waals surface area (Å²) < 4.78 is 45.4. The van der Waals surface area contributed by atoms with E-state index in [2.05, 4.69) is 4.74 Å². The van der Waals surface area contributed by atoms with Crippen LogP contribution in [0.25, 0.3) is 0 Å². The van der Waals surface area contributed by atoms with Gasteiger partial charge in [0.25, 0.3) is 0 Å². The maximum atomic E-state index is 12.6. The number of fused-ring (bicyclic) bond motifs is 1. The first-order valence-electron chi connectivity index (χ1n) is 6.94. The molecule has 0 bridgehead atoms. The van der Waals surface area contributed by atoms with E-state index in [1.54, 1.807) is 25.1 Å². The fourth-order valence-corrected chi connectivity index (χ4v) is 3.45. The molecule has 2 aromatic carbocycles. The van der Waals surface area contributed by atoms with Crippen molar-refractivity contribution in [1.82, 2.24) is 0 Å². The molecule has 0 N–H and O–H groups in total. The van der Waals surface area contributed by atoms with E-state index in [1.165, 1.54) is 25.3 Å². The minimum atomic E-state index is -4.17. The number of benzene rings is 2. The van der Waals surface area contributed by atoms with E-state index in [0.717, 1.165) is 0 Å². The number of rotatable bonds is 4. The Morgan fingerprint density at radius 2 is 1.79 bits per heavy atom. The summed E-state index contributed by atoms with van der Waals surface area (Å²) in [5.41, 5.74) is 0.455. The van der Waals surface area contributed by atoms with E-state index >= 15 is 0 Å². The van der Waals surface area contributed by atoms with Gasteiger partial charge in [0.15, 0.2) is 17.2 Å². The third-order valence-corrected chi connectivity index (χ3v) is 4.81. The number of esters is 1. The fourth-order valence-electron chi connectivity index (χ4n) is 2.28. The van der Waals surface area contributed by atoms with Crippen LogP contribution in [0.5, 0.6) is 17.2 Å². The SMILES string of the molecule is COC(=O)c1ccccc1OS(=O)(=O)c1cc2c(cc1C)OCO2. The number of methoxy groups -OCH3 is 1. The molecular weight excluding hydrogens is 336 g/mol. The van der Waals surface area contributed by atoms with Crippen LogP contribution in [0.2, 0.25) is 0 Å². The van der Waals surface area contributed by atoms with Crippen molar-refractivity contribution in [2.75, 3.05) is 13.9 Å². The van der Waals surface area contributed by atoms with Crippen molar-refractivity contribution in [3.8, 4) is 17.2 Å². The molecule has 1 heterocycles. The van der Waals surface area contributed by atoms with Crippen molar-refractivity contribution in [2.24, 2.45) is 0 Å². The van der Waals surface area contributed by atoms with E-state index in [1.807, 2.05) is 0 Å². The molecule has 0 aromatic heterocycles. The topological polar surface area (TPSA) is 88.1 Å². The molecule has 0 amide bonds. The second kappa shape index (κ2) is 6.04. The van der Waals surface area contributed by atoms with Crippen LogP contribution in [0, 0.1) is 6.92 Å². The average Bonchev–Trinajstić information content (AvgIpc) is 3.00. The summed E-state index contributed by atoms with van der Waals surface area (Å²) in [5.74, 6) is -0.00457. The van der Waals surface area contributed by atoms with Crippen molar-refractivity contribution in [1.29, 1.82) is 0 Å². The van der Waals surface area contributed by atoms with Crippen molar-refractivity contribution in [2.45, 2.75) is 11.8 Å². The number of ether oxygens (including phenoxy) is 3. The Balaban J connectivity index is 2.00. The molecule has 1 aliphatic rings. The Morgan fingerprint density at radius 1 is 1.12 bits per heavy atom. The van der Waals surface area contributed by atoms with Crippen LogP contribution in [0.1, 0.15) is 15.9 Å². The molecule has 24 heavy (non-hydrogen) atoms. The summed E-state index contributed by atoms with van der Waals surface area (Å²) in [6.07, 6.45) is 0. The van der Waals surface area contributed by atoms with Gasteiger partial charge in [0, 0.05) is 6.07 Å². The second-order valence-corrected chi connectivity index (χ2v) is 6.51. The lowest BCUT2D eigenvalue weighted by atomic mass is 10.2. The van der Waals surface area contributed by atoms with Crippen LogP contribution >= 0.6 is 0 Å². The quantitative estimate of drug-likeness (QED) is 0.617. The van der Waals surface area contributed by atoms with Crippen LogP contribution < -0.4 is 13.7 Å². The molecule has 2 aromatic rings. The first kappa shape index (κ1) is 16.1. The number of carbonyl (C=O) groups is 1. The molecule has 0 unspecified atom stereocenters. The predicted molar refractivity (Wildman–Crippen MR) is 82.9 cm³/mol. The smallest absolute Gasteiger partial charge is 0.341 e. The van der Waals surface area contributed by atoms with Crippen LogP contribution in [0.4, 0.5) is 0 Å². The highest BCUT2D eigenvalue weighted by Gasteiger charge is 2.26. The van der Waals surface area contributed by atoms with Gasteiger partial charge in [0.05, 0.1) is 7.11 Å². The average molecular weight is 350 g/mol. The molecule has 0 saturated heterocycles. The van der Waals surface area contributed by atoms with Gasteiger partial charge in [-0.2, -0.15) is 8.42 Å². The van der Waals surface area contributed by atoms with Gasteiger partial charge in [0.1, 0.15) is 10.5 Å². The van der Waals surface area contributed by atoms with Crippen molar-refractivity contribution in [3.63, 3.8) is 0 Å². The van der Waals surface area contributed by atoms with E-state index in [4.69, 9.17) is 13.7 Å². The Morgan fingerprint density at radius 3 is 2.50 bits per heavy atom. The largest absolute Gasteiger partial charge is 0.465 e. The number of hydrogen-bond donors (Lipinski definition) is 0. The van der Waals surface area contributed by atoms with Gasteiger partial charge < -0.3 is 18.4 Å². The Bertz CT molecular complexity index is 903. The Hall–Kier alpha value is -2.74. The zero-order valence-corrected chi connectivity index (χ0v) is 13.8. The van der Waals surface area contributed by atoms with Gasteiger partial charge in [-0.05, 0) is 30.7 Å². The first-order valence-corrected chi connectivity index (χ1v) is 8.35. The highest BCUT2D eigenvalue weighted by Crippen LogP contribution is 2.37. The van der Waals surface area contributed by atoms with Crippen molar-refractivity contribution < 1.29 is 31.6 Å². The minimum Gasteiger partial charge on any atom is -0.465 e. The van der Waals surface area contributed by atoms with Gasteiger partial charge in [-0.25, -0.2) is 4.79 Å². The highest BCUT2D eigenvalue weighted by atomic mass is 32.2. The third-order valence-electron chi connectivity index (χ3n) is 3.43. The molecule has 8 heteroatoms. The van der Waals surface area contributed by atoms with Gasteiger partial charge in [0.2, 0.25) is 6.79 Å². The Kier molecular flexibility index (Phi) is 4.06. The van der Waals surface area contributed by atoms with Crippen molar-refractivity contribution in [3.05, 3.63) is 47.5 Å². The molecule has 1 aliphatic heterocycles. The van der Waals surface area contributed by atoms with Crippen LogP contribution in [0.15, 0.2) is 41.3 Å². The van der Waals surface area contributed by atoms with E-state index in [-0.39, 0.29) is 23.0 Å². The van der Waals surface area contributed by atoms with Crippen LogP contribution in [-0.4, -0.2) is 28.3 Å². The summed E-state index contributed by atoms with van der Waals surface area (Å²) >= 11 is 0. The molecule has 126 valence electrons. The molecular formula is C16H14O7S. The summed E-state index contributed by atoms with van der Waals surface area (Å²) in [7, 11) is -2.97. The van der Waals surface area contributed by atoms with Crippen LogP contribution in [0.3, 0.4) is 0 Å². The molecule has 0 spiro atoms. The van der Waals surface area contributed by atoms with Crippen molar-refractivity contribution >= 4 is 16.1 Å². The van der Waals surface area contributed by atoms with E-state index in [9.17, 15) is 13.2 Å². The molecule has 0 radical (unpaired) electrons. The molecule has 7 nitrogen and oxygen atoms in total. The maximum Gasteiger partial charge on any atom is 0.341 e. The third kappa shape index (κ3) is 2.88. The minimum absolute atomic E-state index is 0.0157. The van der Waals surface area contributed by atoms with Gasteiger partial charge in [-0.1, -0.05) is 12.1 Å². The van der Waals surface area contributed by atoms with Gasteiger partial charge in [-0.15, -0.1) is 0 Å². The lowest BCUT2D eigenvalue weighted by Gasteiger charge is -2.12. The summed E-state index contributed by atoms with van der Waals surface area (Å²) in [5, 5.41) is 0. The number of para-hydroxylation sites is 1. The number of aryl methyl sites for hydroxylation is 1. The summed E-state index contributed by atoms with van der Waals surface area (Å²) in [6.45, 7) is 1.65. The second-order valence-electron chi connectivity index (χ2n) is 5.00. The molecule has 0 fully saturated rings. The number of carbonyl (C=O) groups excluding carboxylic acids is 1. The molecule has 0 aliphatic carbocycles. The summed E-state index contributed by atoms with van der Waals surface area (Å²) in [6, 6.07) is 8.84. The monoisotopic (exact) mass is 350 g/mol. The highest BCUT2D eigenvalue weighted by molar-refractivity contribution is 7.87. The Labute approximate surface area is 138 Å². The lowest BCUT2D eigenvalue weighted by Crippen LogP contribution is -2.14. The van der Waals surface area contributed by atoms with E-state index in [0.29, 0.717) is 17.1 Å². The fraction of sp³-hybridized carbons (Fsp3) is 0.188. The van der Waals surface area contributed by atoms with Crippen LogP contribution in [-0.2, 0) is 14.9 Å². The van der Waals surface area contributed by atoms with E-state index < -0.39 is 16.1 Å². The summed E-state index contributed by atoms with van der Waals surface area (Å²) in [4.78, 5) is 11.7. The zero-order valence-electron chi connectivity index (χ0n) is 12.9. The van der Waals surface area contributed by atoms with Gasteiger partial charge >= 0.3 is 16.1 Å². The first-order chi connectivity index (χ1) is 11.4. The predicted octanol–water partition coefficient (Wildman–Crippen LogP) is 2.28. The normalized spacial score (nSPS) is 12.8.